The van der Waals surface area contributed by atoms with Gasteiger partial charge in [0, 0.05) is 4.83 Å². The van der Waals surface area contributed by atoms with E-state index in [0.29, 0.717) is 6.47 Å². The average molecular weight is 181 g/mol. The maximum Gasteiger partial charge on any atom is 0.293 e. The molecule has 0 aromatic rings. The molecule has 0 saturated heterocycles. The molecular formula is C5H9BrO2. The van der Waals surface area contributed by atoms with Gasteiger partial charge in [-0.25, -0.2) is 0 Å². The van der Waals surface area contributed by atoms with Crippen molar-refractivity contribution in [3.8, 4) is 0 Å². The highest BCUT2D eigenvalue weighted by Gasteiger charge is 2.06. The third kappa shape index (κ3) is 3.02. The number of hydrogen-bond acceptors (Lipinski definition) is 2. The van der Waals surface area contributed by atoms with Gasteiger partial charge in [0.1, 0.15) is 6.10 Å². The van der Waals surface area contributed by atoms with E-state index < -0.39 is 0 Å². The molecule has 3 heteroatoms. The highest BCUT2D eigenvalue weighted by atomic mass is 79.9. The van der Waals surface area contributed by atoms with Crippen LogP contribution in [0.25, 0.3) is 0 Å². The van der Waals surface area contributed by atoms with Gasteiger partial charge in [-0.2, -0.15) is 0 Å². The largest absolute Gasteiger partial charge is 0.464 e. The van der Waals surface area contributed by atoms with E-state index in [1.807, 2.05) is 13.8 Å². The number of alkyl halides is 1. The molecule has 2 atom stereocenters. The summed E-state index contributed by atoms with van der Waals surface area (Å²) in [5.74, 6) is 0. The summed E-state index contributed by atoms with van der Waals surface area (Å²) in [6, 6.07) is 0. The Kier molecular flexibility index (Phi) is 3.87. The topological polar surface area (TPSA) is 26.3 Å². The van der Waals surface area contributed by atoms with Crippen LogP contribution < -0.4 is 0 Å². The van der Waals surface area contributed by atoms with Crippen molar-refractivity contribution in [2.45, 2.75) is 24.8 Å². The molecule has 0 N–H and O–H groups in total. The van der Waals surface area contributed by atoms with E-state index in [1.165, 1.54) is 0 Å². The van der Waals surface area contributed by atoms with E-state index in [9.17, 15) is 4.79 Å². The summed E-state index contributed by atoms with van der Waals surface area (Å²) >= 11 is 3.26. The maximum atomic E-state index is 9.68. The third-order valence-corrected chi connectivity index (χ3v) is 1.66. The van der Waals surface area contributed by atoms with Crippen molar-refractivity contribution in [3.63, 3.8) is 0 Å². The summed E-state index contributed by atoms with van der Waals surface area (Å²) < 4.78 is 4.58. The fraction of sp³-hybridized carbons (Fsp3) is 0.800. The predicted octanol–water partition coefficient (Wildman–Crippen LogP) is 1.33. The molecule has 0 rings (SSSR count). The quantitative estimate of drug-likeness (QED) is 0.485. The first kappa shape index (κ1) is 7.95. The zero-order valence-corrected chi connectivity index (χ0v) is 6.51. The third-order valence-electron chi connectivity index (χ3n) is 0.917. The van der Waals surface area contributed by atoms with Crippen LogP contribution in [0.4, 0.5) is 0 Å². The summed E-state index contributed by atoms with van der Waals surface area (Å²) in [7, 11) is 0. The second-order valence-corrected chi connectivity index (χ2v) is 3.06. The molecule has 0 fully saturated rings. The average Bonchev–Trinajstić information content (AvgIpc) is 1.67. The van der Waals surface area contributed by atoms with E-state index in [0.717, 1.165) is 0 Å². The molecule has 0 unspecified atom stereocenters. The molecule has 0 bridgehead atoms. The van der Waals surface area contributed by atoms with Gasteiger partial charge in [0.2, 0.25) is 0 Å². The number of rotatable bonds is 3. The minimum atomic E-state index is -0.0347. The lowest BCUT2D eigenvalue weighted by Crippen LogP contribution is -2.16. The Morgan fingerprint density at radius 1 is 1.62 bits per heavy atom. The highest BCUT2D eigenvalue weighted by molar-refractivity contribution is 9.09. The zero-order valence-electron chi connectivity index (χ0n) is 4.93. The van der Waals surface area contributed by atoms with Crippen molar-refractivity contribution in [3.05, 3.63) is 0 Å². The number of ether oxygens (including phenoxy) is 1. The van der Waals surface area contributed by atoms with Crippen LogP contribution in [0.3, 0.4) is 0 Å². The van der Waals surface area contributed by atoms with Crippen molar-refractivity contribution in [2.75, 3.05) is 0 Å². The van der Waals surface area contributed by atoms with Crippen LogP contribution in [0.2, 0.25) is 0 Å². The van der Waals surface area contributed by atoms with Crippen LogP contribution in [0.5, 0.6) is 0 Å². The van der Waals surface area contributed by atoms with Gasteiger partial charge in [0.25, 0.3) is 6.47 Å². The van der Waals surface area contributed by atoms with E-state index in [4.69, 9.17) is 0 Å². The van der Waals surface area contributed by atoms with Gasteiger partial charge in [-0.3, -0.25) is 4.79 Å². The summed E-state index contributed by atoms with van der Waals surface area (Å²) in [4.78, 5) is 9.91. The van der Waals surface area contributed by atoms with Crippen molar-refractivity contribution < 1.29 is 9.53 Å². The van der Waals surface area contributed by atoms with Crippen molar-refractivity contribution in [1.29, 1.82) is 0 Å². The first-order valence-corrected chi connectivity index (χ1v) is 3.33. The van der Waals surface area contributed by atoms with Crippen LogP contribution in [0.1, 0.15) is 13.8 Å². The van der Waals surface area contributed by atoms with Gasteiger partial charge < -0.3 is 4.74 Å². The lowest BCUT2D eigenvalue weighted by Gasteiger charge is -2.10. The fourth-order valence-corrected chi connectivity index (χ4v) is 0.321. The van der Waals surface area contributed by atoms with Gasteiger partial charge >= 0.3 is 0 Å². The lowest BCUT2D eigenvalue weighted by atomic mass is 10.3. The van der Waals surface area contributed by atoms with Crippen LogP contribution in [0.15, 0.2) is 0 Å². The number of halogens is 1. The van der Waals surface area contributed by atoms with Gasteiger partial charge in [-0.1, -0.05) is 15.9 Å². The summed E-state index contributed by atoms with van der Waals surface area (Å²) in [6.07, 6.45) is -0.0347. The zero-order chi connectivity index (χ0) is 6.57. The molecule has 0 spiro atoms. The minimum absolute atomic E-state index is 0.0347. The van der Waals surface area contributed by atoms with Crippen LogP contribution in [-0.4, -0.2) is 17.4 Å². The van der Waals surface area contributed by atoms with Gasteiger partial charge in [0.05, 0.1) is 0 Å². The van der Waals surface area contributed by atoms with Crippen LogP contribution in [0, 0.1) is 0 Å². The lowest BCUT2D eigenvalue weighted by molar-refractivity contribution is -0.132. The van der Waals surface area contributed by atoms with E-state index in [1.54, 1.807) is 0 Å². The molecule has 2 nitrogen and oxygen atoms in total. The molecule has 0 aromatic heterocycles. The Morgan fingerprint density at radius 3 is 2.25 bits per heavy atom. The Labute approximate surface area is 57.3 Å². The fourth-order valence-electron chi connectivity index (χ4n) is 0.196. The van der Waals surface area contributed by atoms with Crippen molar-refractivity contribution in [2.24, 2.45) is 0 Å². The monoisotopic (exact) mass is 180 g/mol. The van der Waals surface area contributed by atoms with Crippen molar-refractivity contribution >= 4 is 22.4 Å². The molecule has 0 saturated carbocycles. The van der Waals surface area contributed by atoms with Gasteiger partial charge in [0.15, 0.2) is 0 Å². The molecule has 0 aliphatic rings. The van der Waals surface area contributed by atoms with Gasteiger partial charge in [-0.15, -0.1) is 0 Å². The molecule has 0 heterocycles. The smallest absolute Gasteiger partial charge is 0.293 e. The maximum absolute atomic E-state index is 9.68. The Morgan fingerprint density at radius 2 is 2.12 bits per heavy atom. The molecule has 0 aliphatic heterocycles. The number of hydrogen-bond donors (Lipinski definition) is 0. The number of carbonyl (C=O) groups is 1. The first-order valence-electron chi connectivity index (χ1n) is 2.41. The van der Waals surface area contributed by atoms with Crippen LogP contribution >= 0.6 is 15.9 Å². The summed E-state index contributed by atoms with van der Waals surface area (Å²) in [6.45, 7) is 4.21. The standard InChI is InChI=1S/C5H9BrO2/c1-4(6)5(2)8-3-7/h3-5H,1-2H3/t4-,5-/m0/s1. The predicted molar refractivity (Wildman–Crippen MR) is 35.0 cm³/mol. The summed E-state index contributed by atoms with van der Waals surface area (Å²) in [5, 5.41) is 0. The van der Waals surface area contributed by atoms with Gasteiger partial charge in [-0.05, 0) is 13.8 Å². The highest BCUT2D eigenvalue weighted by Crippen LogP contribution is 2.05. The second-order valence-electron chi connectivity index (χ2n) is 1.61. The second kappa shape index (κ2) is 3.89. The Hall–Kier alpha value is -0.0500. The first-order chi connectivity index (χ1) is 3.68. The number of carbonyl (C=O) groups excluding carboxylic acids is 1. The molecule has 0 radical (unpaired) electrons. The molecule has 8 heavy (non-hydrogen) atoms. The molecule has 0 aliphatic carbocycles. The van der Waals surface area contributed by atoms with Crippen LogP contribution in [-0.2, 0) is 9.53 Å². The molecule has 0 aromatic carbocycles. The normalized spacial score (nSPS) is 16.9. The molecule has 0 amide bonds. The molecule has 48 valence electrons. The Balaban J connectivity index is 3.30. The van der Waals surface area contributed by atoms with E-state index >= 15 is 0 Å². The SMILES string of the molecule is C[C@H](Br)[C@H](C)OC=O. The minimum Gasteiger partial charge on any atom is -0.464 e. The van der Waals surface area contributed by atoms with E-state index in [-0.39, 0.29) is 10.9 Å². The summed E-state index contributed by atoms with van der Waals surface area (Å²) in [5.41, 5.74) is 0. The Bertz CT molecular complexity index is 72.8. The molecular weight excluding hydrogens is 172 g/mol. The van der Waals surface area contributed by atoms with E-state index in [2.05, 4.69) is 20.7 Å². The van der Waals surface area contributed by atoms with Crippen molar-refractivity contribution in [1.82, 2.24) is 0 Å².